The Labute approximate surface area is 108 Å². The van der Waals surface area contributed by atoms with Gasteiger partial charge >= 0.3 is 5.97 Å². The van der Waals surface area contributed by atoms with Gasteiger partial charge in [-0.1, -0.05) is 0 Å². The number of nitrogens with zero attached hydrogens (tertiary/aromatic N) is 2. The first kappa shape index (κ1) is 13.5. The average molecular weight is 254 g/mol. The summed E-state index contributed by atoms with van der Waals surface area (Å²) in [6, 6.07) is 0.514. The highest BCUT2D eigenvalue weighted by atomic mass is 16.4. The van der Waals surface area contributed by atoms with Crippen LogP contribution in [0.25, 0.3) is 0 Å². The number of carbonyl (C=O) groups is 2. The summed E-state index contributed by atoms with van der Waals surface area (Å²) in [5.74, 6) is -0.342. The van der Waals surface area contributed by atoms with Gasteiger partial charge in [-0.15, -0.1) is 0 Å². The Morgan fingerprint density at radius 1 is 1.28 bits per heavy atom. The molecule has 102 valence electrons. The van der Waals surface area contributed by atoms with Gasteiger partial charge in [0.1, 0.15) is 5.78 Å². The van der Waals surface area contributed by atoms with Gasteiger partial charge in [0.05, 0.1) is 6.42 Å². The lowest BCUT2D eigenvalue weighted by Crippen LogP contribution is -2.50. The monoisotopic (exact) mass is 254 g/mol. The Balaban J connectivity index is 1.79. The maximum absolute atomic E-state index is 11.2. The molecule has 2 aliphatic heterocycles. The van der Waals surface area contributed by atoms with Gasteiger partial charge in [-0.05, 0) is 19.4 Å². The number of carboxylic acid groups (broad SMARTS) is 1. The van der Waals surface area contributed by atoms with Crippen LogP contribution in [0.3, 0.4) is 0 Å². The van der Waals surface area contributed by atoms with Crippen LogP contribution in [0.4, 0.5) is 0 Å². The van der Waals surface area contributed by atoms with E-state index < -0.39 is 5.97 Å². The quantitative estimate of drug-likeness (QED) is 0.795. The average Bonchev–Trinajstić information content (AvgIpc) is 2.37. The molecule has 1 unspecified atom stereocenters. The predicted molar refractivity (Wildman–Crippen MR) is 67.5 cm³/mol. The van der Waals surface area contributed by atoms with Crippen LogP contribution in [0.1, 0.15) is 32.1 Å². The molecule has 0 amide bonds. The van der Waals surface area contributed by atoms with Crippen LogP contribution in [0.15, 0.2) is 0 Å². The van der Waals surface area contributed by atoms with E-state index in [0.29, 0.717) is 31.2 Å². The molecular weight excluding hydrogens is 232 g/mol. The zero-order chi connectivity index (χ0) is 13.0. The van der Waals surface area contributed by atoms with Gasteiger partial charge in [0.2, 0.25) is 0 Å². The molecule has 5 nitrogen and oxygen atoms in total. The van der Waals surface area contributed by atoms with Crippen LogP contribution < -0.4 is 0 Å². The lowest BCUT2D eigenvalue weighted by atomic mass is 10.00. The minimum Gasteiger partial charge on any atom is -0.481 e. The Bertz CT molecular complexity index is 309. The molecule has 2 fully saturated rings. The molecule has 0 aromatic rings. The Hall–Kier alpha value is -0.940. The van der Waals surface area contributed by atoms with Gasteiger partial charge in [0.25, 0.3) is 0 Å². The van der Waals surface area contributed by atoms with Crippen molar-refractivity contribution >= 4 is 11.8 Å². The Morgan fingerprint density at radius 2 is 2.00 bits per heavy atom. The highest BCUT2D eigenvalue weighted by molar-refractivity contribution is 5.79. The summed E-state index contributed by atoms with van der Waals surface area (Å²) >= 11 is 0. The minimum absolute atomic E-state index is 0.227. The van der Waals surface area contributed by atoms with Crippen molar-refractivity contribution in [1.29, 1.82) is 0 Å². The fourth-order valence-electron chi connectivity index (χ4n) is 2.92. The summed E-state index contributed by atoms with van der Waals surface area (Å²) in [6.45, 7) is 4.39. The molecule has 0 aromatic carbocycles. The van der Waals surface area contributed by atoms with E-state index in [9.17, 15) is 9.59 Å². The van der Waals surface area contributed by atoms with Crippen LogP contribution >= 0.6 is 0 Å². The van der Waals surface area contributed by atoms with Gasteiger partial charge in [-0.2, -0.15) is 0 Å². The molecule has 1 atom stereocenters. The number of piperidine rings is 2. The molecule has 18 heavy (non-hydrogen) atoms. The fourth-order valence-corrected chi connectivity index (χ4v) is 2.92. The first-order chi connectivity index (χ1) is 8.65. The first-order valence-electron chi connectivity index (χ1n) is 6.85. The second-order valence-corrected chi connectivity index (χ2v) is 5.32. The van der Waals surface area contributed by atoms with Crippen molar-refractivity contribution in [3.05, 3.63) is 0 Å². The Kier molecular flexibility index (Phi) is 4.72. The van der Waals surface area contributed by atoms with E-state index in [1.54, 1.807) is 0 Å². The summed E-state index contributed by atoms with van der Waals surface area (Å²) < 4.78 is 0. The summed E-state index contributed by atoms with van der Waals surface area (Å²) in [6.07, 6.45) is 3.91. The topological polar surface area (TPSA) is 60.9 Å². The molecule has 5 heteroatoms. The zero-order valence-corrected chi connectivity index (χ0v) is 10.8. The van der Waals surface area contributed by atoms with Gasteiger partial charge in [-0.25, -0.2) is 0 Å². The van der Waals surface area contributed by atoms with E-state index in [2.05, 4.69) is 9.80 Å². The SMILES string of the molecule is O=C(O)CCN1CCCC(N2CCC(=O)CC2)C1. The molecule has 0 bridgehead atoms. The highest BCUT2D eigenvalue weighted by Gasteiger charge is 2.27. The molecule has 2 rings (SSSR count). The third kappa shape index (κ3) is 3.78. The lowest BCUT2D eigenvalue weighted by Gasteiger charge is -2.40. The lowest BCUT2D eigenvalue weighted by molar-refractivity contribution is -0.137. The van der Waals surface area contributed by atoms with E-state index in [1.165, 1.54) is 6.42 Å². The van der Waals surface area contributed by atoms with Crippen LogP contribution in [0.5, 0.6) is 0 Å². The minimum atomic E-state index is -0.722. The number of aliphatic carboxylic acids is 1. The van der Waals surface area contributed by atoms with Crippen molar-refractivity contribution in [1.82, 2.24) is 9.80 Å². The van der Waals surface area contributed by atoms with Crippen molar-refractivity contribution in [3.8, 4) is 0 Å². The highest BCUT2D eigenvalue weighted by Crippen LogP contribution is 2.19. The number of hydrogen-bond acceptors (Lipinski definition) is 4. The number of carbonyl (C=O) groups excluding carboxylic acids is 1. The summed E-state index contributed by atoms with van der Waals surface area (Å²) in [7, 11) is 0. The van der Waals surface area contributed by atoms with Crippen LogP contribution in [-0.2, 0) is 9.59 Å². The fraction of sp³-hybridized carbons (Fsp3) is 0.846. The first-order valence-corrected chi connectivity index (χ1v) is 6.85. The van der Waals surface area contributed by atoms with Crippen molar-refractivity contribution in [2.24, 2.45) is 0 Å². The van der Waals surface area contributed by atoms with Gasteiger partial charge < -0.3 is 10.0 Å². The van der Waals surface area contributed by atoms with E-state index >= 15 is 0 Å². The summed E-state index contributed by atoms with van der Waals surface area (Å²) in [5.41, 5.74) is 0. The zero-order valence-electron chi connectivity index (χ0n) is 10.8. The van der Waals surface area contributed by atoms with Gasteiger partial charge in [0, 0.05) is 45.1 Å². The summed E-state index contributed by atoms with van der Waals surface area (Å²) in [4.78, 5) is 26.5. The second-order valence-electron chi connectivity index (χ2n) is 5.32. The molecule has 2 aliphatic rings. The largest absolute Gasteiger partial charge is 0.481 e. The Morgan fingerprint density at radius 3 is 2.67 bits per heavy atom. The molecule has 2 heterocycles. The number of carboxylic acids is 1. The van der Waals surface area contributed by atoms with Crippen LogP contribution in [0, 0.1) is 0 Å². The van der Waals surface area contributed by atoms with Crippen molar-refractivity contribution in [2.75, 3.05) is 32.7 Å². The number of likely N-dealkylation sites (tertiary alicyclic amines) is 2. The van der Waals surface area contributed by atoms with E-state index in [1.807, 2.05) is 0 Å². The number of Topliss-reactive ketones (excluding diaryl/α,β-unsaturated/α-hetero) is 1. The molecule has 2 saturated heterocycles. The third-order valence-corrected chi connectivity index (χ3v) is 3.99. The van der Waals surface area contributed by atoms with Crippen LogP contribution in [-0.4, -0.2) is 65.4 Å². The molecule has 0 saturated carbocycles. The van der Waals surface area contributed by atoms with E-state index in [-0.39, 0.29) is 6.42 Å². The van der Waals surface area contributed by atoms with E-state index in [0.717, 1.165) is 32.6 Å². The number of ketones is 1. The van der Waals surface area contributed by atoms with Gasteiger partial charge in [-0.3, -0.25) is 14.5 Å². The van der Waals surface area contributed by atoms with Crippen molar-refractivity contribution < 1.29 is 14.7 Å². The second kappa shape index (κ2) is 6.29. The molecule has 0 radical (unpaired) electrons. The standard InChI is InChI=1S/C13H22N2O3/c16-12-3-8-15(9-4-12)11-2-1-6-14(10-11)7-5-13(17)18/h11H,1-10H2,(H,17,18). The maximum Gasteiger partial charge on any atom is 0.304 e. The molecular formula is C13H22N2O3. The third-order valence-electron chi connectivity index (χ3n) is 3.99. The van der Waals surface area contributed by atoms with Crippen molar-refractivity contribution in [3.63, 3.8) is 0 Å². The van der Waals surface area contributed by atoms with Crippen LogP contribution in [0.2, 0.25) is 0 Å². The molecule has 0 aliphatic carbocycles. The molecule has 0 spiro atoms. The molecule has 0 aromatic heterocycles. The number of rotatable bonds is 4. The smallest absolute Gasteiger partial charge is 0.304 e. The number of hydrogen-bond donors (Lipinski definition) is 1. The van der Waals surface area contributed by atoms with Crippen molar-refractivity contribution in [2.45, 2.75) is 38.1 Å². The predicted octanol–water partition coefficient (Wildman–Crippen LogP) is 0.590. The van der Waals surface area contributed by atoms with Gasteiger partial charge in [0.15, 0.2) is 0 Å². The summed E-state index contributed by atoms with van der Waals surface area (Å²) in [5, 5.41) is 8.71. The molecule has 1 N–H and O–H groups in total. The normalized spacial score (nSPS) is 27.3. The maximum atomic E-state index is 11.2. The van der Waals surface area contributed by atoms with E-state index in [4.69, 9.17) is 5.11 Å².